The van der Waals surface area contributed by atoms with Crippen LogP contribution in [0.15, 0.2) is 12.4 Å². The van der Waals surface area contributed by atoms with Crippen molar-refractivity contribution in [1.29, 1.82) is 0 Å². The molecule has 0 aliphatic heterocycles. The van der Waals surface area contributed by atoms with E-state index >= 15 is 0 Å². The Morgan fingerprint density at radius 1 is 1.07 bits per heavy atom. The largest absolute Gasteiger partial charge is 0.419 e. The highest BCUT2D eigenvalue weighted by atomic mass is 19.4. The van der Waals surface area contributed by atoms with Crippen LogP contribution in [0.2, 0.25) is 0 Å². The quantitative estimate of drug-likeness (QED) is 0.820. The van der Waals surface area contributed by atoms with E-state index in [1.54, 1.807) is 0 Å². The average Bonchev–Trinajstić information content (AvgIpc) is 3.45. The van der Waals surface area contributed by atoms with Crippen LogP contribution in [0, 0.1) is 5.92 Å². The third-order valence-electron chi connectivity index (χ3n) is 5.23. The zero-order chi connectivity index (χ0) is 19.0. The van der Waals surface area contributed by atoms with Gasteiger partial charge < -0.3 is 15.8 Å². The Bertz CT molecular complexity index is 816. The van der Waals surface area contributed by atoms with Crippen LogP contribution in [0.5, 0.6) is 0 Å². The molecule has 2 aromatic rings. The van der Waals surface area contributed by atoms with Crippen molar-refractivity contribution < 1.29 is 17.9 Å². The van der Waals surface area contributed by atoms with Crippen LogP contribution >= 0.6 is 0 Å². The number of anilines is 2. The maximum Gasteiger partial charge on any atom is 0.419 e. The number of nitrogen functional groups attached to an aromatic ring is 1. The van der Waals surface area contributed by atoms with Crippen molar-refractivity contribution in [3.8, 4) is 0 Å². The van der Waals surface area contributed by atoms with Crippen molar-refractivity contribution in [3.63, 3.8) is 0 Å². The van der Waals surface area contributed by atoms with Crippen LogP contribution in [-0.2, 0) is 10.9 Å². The highest BCUT2D eigenvalue weighted by molar-refractivity contribution is 5.90. The van der Waals surface area contributed by atoms with E-state index in [0.717, 1.165) is 44.4 Å². The Hall–Kier alpha value is -2.16. The summed E-state index contributed by atoms with van der Waals surface area (Å²) >= 11 is 0. The second-order valence-electron chi connectivity index (χ2n) is 7.41. The van der Waals surface area contributed by atoms with Crippen LogP contribution < -0.4 is 11.1 Å². The Balaban J connectivity index is 1.45. The molecule has 2 aliphatic rings. The van der Waals surface area contributed by atoms with Gasteiger partial charge in [0.05, 0.1) is 17.0 Å². The van der Waals surface area contributed by atoms with Gasteiger partial charge in [0.2, 0.25) is 5.95 Å². The molecule has 146 valence electrons. The minimum absolute atomic E-state index is 0.0159. The maximum absolute atomic E-state index is 13.2. The number of ether oxygens (including phenoxy) is 1. The second kappa shape index (κ2) is 7.10. The Morgan fingerprint density at radius 2 is 1.81 bits per heavy atom. The molecule has 0 spiro atoms. The molecule has 6 nitrogen and oxygen atoms in total. The summed E-state index contributed by atoms with van der Waals surface area (Å²) in [6.07, 6.45) is 3.91. The number of fused-ring (bicyclic) bond motifs is 1. The number of hydrogen-bond donors (Lipinski definition) is 2. The van der Waals surface area contributed by atoms with Crippen molar-refractivity contribution in [2.75, 3.05) is 17.7 Å². The second-order valence-corrected chi connectivity index (χ2v) is 7.41. The number of nitrogens with one attached hydrogen (secondary N) is 1. The molecular weight excluding hydrogens is 359 g/mol. The SMILES string of the molecule is Nc1ncc(C(F)(F)F)c2nc(NC3CCC(OCC4CC4)CC3)ncc12. The Labute approximate surface area is 154 Å². The van der Waals surface area contributed by atoms with Crippen molar-refractivity contribution in [3.05, 3.63) is 18.0 Å². The fourth-order valence-corrected chi connectivity index (χ4v) is 3.43. The molecule has 2 aromatic heterocycles. The predicted octanol–water partition coefficient (Wildman–Crippen LogP) is 3.78. The fourth-order valence-electron chi connectivity index (χ4n) is 3.43. The zero-order valence-electron chi connectivity index (χ0n) is 14.8. The molecule has 3 N–H and O–H groups in total. The lowest BCUT2D eigenvalue weighted by Crippen LogP contribution is -2.30. The van der Waals surface area contributed by atoms with Gasteiger partial charge in [-0.3, -0.25) is 0 Å². The number of nitrogens with zero attached hydrogens (tertiary/aromatic N) is 3. The third kappa shape index (κ3) is 4.23. The highest BCUT2D eigenvalue weighted by Crippen LogP contribution is 2.35. The van der Waals surface area contributed by atoms with Crippen LogP contribution in [0.3, 0.4) is 0 Å². The summed E-state index contributed by atoms with van der Waals surface area (Å²) < 4.78 is 45.6. The molecule has 0 saturated heterocycles. The molecule has 2 saturated carbocycles. The van der Waals surface area contributed by atoms with Gasteiger partial charge in [0.1, 0.15) is 11.4 Å². The molecule has 0 amide bonds. The molecule has 9 heteroatoms. The van der Waals surface area contributed by atoms with E-state index in [0.29, 0.717) is 0 Å². The first-order chi connectivity index (χ1) is 12.9. The van der Waals surface area contributed by atoms with Gasteiger partial charge in [0.15, 0.2) is 0 Å². The minimum Gasteiger partial charge on any atom is -0.383 e. The van der Waals surface area contributed by atoms with Gasteiger partial charge >= 0.3 is 6.18 Å². The predicted molar refractivity (Wildman–Crippen MR) is 95.1 cm³/mol. The van der Waals surface area contributed by atoms with E-state index < -0.39 is 11.7 Å². The first-order valence-corrected chi connectivity index (χ1v) is 9.26. The molecule has 0 atom stereocenters. The van der Waals surface area contributed by atoms with E-state index in [9.17, 15) is 13.2 Å². The van der Waals surface area contributed by atoms with Gasteiger partial charge in [-0.15, -0.1) is 0 Å². The summed E-state index contributed by atoms with van der Waals surface area (Å²) in [6.45, 7) is 0.853. The number of rotatable bonds is 5. The first-order valence-electron chi connectivity index (χ1n) is 9.26. The van der Waals surface area contributed by atoms with E-state index in [1.807, 2.05) is 0 Å². The topological polar surface area (TPSA) is 86.0 Å². The van der Waals surface area contributed by atoms with E-state index in [1.165, 1.54) is 19.0 Å². The summed E-state index contributed by atoms with van der Waals surface area (Å²) in [4.78, 5) is 11.8. The first kappa shape index (κ1) is 18.2. The molecule has 0 aromatic carbocycles. The van der Waals surface area contributed by atoms with Crippen LogP contribution in [0.1, 0.15) is 44.1 Å². The van der Waals surface area contributed by atoms with Crippen LogP contribution in [0.25, 0.3) is 10.9 Å². The van der Waals surface area contributed by atoms with Gasteiger partial charge in [0.25, 0.3) is 0 Å². The van der Waals surface area contributed by atoms with Gasteiger partial charge in [-0.1, -0.05) is 0 Å². The summed E-state index contributed by atoms with van der Waals surface area (Å²) in [5, 5.41) is 3.27. The third-order valence-corrected chi connectivity index (χ3v) is 5.23. The van der Waals surface area contributed by atoms with Gasteiger partial charge in [0, 0.05) is 25.0 Å². The van der Waals surface area contributed by atoms with Crippen molar-refractivity contribution >= 4 is 22.7 Å². The molecule has 0 bridgehead atoms. The molecule has 27 heavy (non-hydrogen) atoms. The molecule has 2 heterocycles. The van der Waals surface area contributed by atoms with Crippen molar-refractivity contribution in [2.24, 2.45) is 5.92 Å². The fraction of sp³-hybridized carbons (Fsp3) is 0.611. The number of hydrogen-bond acceptors (Lipinski definition) is 6. The molecule has 2 fully saturated rings. The molecule has 4 rings (SSSR count). The molecule has 0 unspecified atom stereocenters. The van der Waals surface area contributed by atoms with Crippen LogP contribution in [0.4, 0.5) is 24.9 Å². The van der Waals surface area contributed by atoms with Gasteiger partial charge in [-0.05, 0) is 44.4 Å². The summed E-state index contributed by atoms with van der Waals surface area (Å²) in [5.41, 5.74) is 4.54. The standard InChI is InChI=1S/C18H22F3N5O/c19-18(20,21)14-8-23-16(22)13-7-24-17(26-15(13)14)25-11-3-5-12(6-4-11)27-9-10-1-2-10/h7-8,10-12H,1-6,9H2,(H2,22,23)(H,24,25,26). The Kier molecular flexibility index (Phi) is 4.79. The van der Waals surface area contributed by atoms with Gasteiger partial charge in [-0.2, -0.15) is 13.2 Å². The molecule has 0 radical (unpaired) electrons. The van der Waals surface area contributed by atoms with E-state index in [2.05, 4.69) is 20.3 Å². The van der Waals surface area contributed by atoms with Crippen molar-refractivity contribution in [2.45, 2.75) is 56.8 Å². The number of aromatic nitrogens is 3. The molecular formula is C18H22F3N5O. The summed E-state index contributed by atoms with van der Waals surface area (Å²) in [6, 6.07) is 0.122. The highest BCUT2D eigenvalue weighted by Gasteiger charge is 2.34. The average molecular weight is 381 g/mol. The smallest absolute Gasteiger partial charge is 0.383 e. The van der Waals surface area contributed by atoms with E-state index in [-0.39, 0.29) is 34.8 Å². The monoisotopic (exact) mass is 381 g/mol. The van der Waals surface area contributed by atoms with Crippen LogP contribution in [-0.4, -0.2) is 33.7 Å². The zero-order valence-corrected chi connectivity index (χ0v) is 14.8. The lowest BCUT2D eigenvalue weighted by molar-refractivity contribution is -0.136. The van der Waals surface area contributed by atoms with Crippen molar-refractivity contribution in [1.82, 2.24) is 15.0 Å². The maximum atomic E-state index is 13.2. The summed E-state index contributed by atoms with van der Waals surface area (Å²) in [7, 11) is 0. The molecule has 2 aliphatic carbocycles. The van der Waals surface area contributed by atoms with E-state index in [4.69, 9.17) is 10.5 Å². The van der Waals surface area contributed by atoms with Gasteiger partial charge in [-0.25, -0.2) is 15.0 Å². The Morgan fingerprint density at radius 3 is 2.48 bits per heavy atom. The lowest BCUT2D eigenvalue weighted by atomic mass is 9.93. The normalized spacial score (nSPS) is 23.5. The lowest BCUT2D eigenvalue weighted by Gasteiger charge is -2.29. The number of halogens is 3. The minimum atomic E-state index is -4.55. The number of nitrogens with two attached hydrogens (primary N) is 1. The summed E-state index contributed by atoms with van der Waals surface area (Å²) in [5.74, 6) is 0.912. The number of alkyl halides is 3. The number of pyridine rings is 1.